The maximum Gasteiger partial charge on any atom is 0.332 e. The predicted octanol–water partition coefficient (Wildman–Crippen LogP) is -0.309. The number of carbonyl (C=O) groups is 1. The molecule has 1 saturated heterocycles. The van der Waals surface area contributed by atoms with Gasteiger partial charge in [-0.1, -0.05) is 6.58 Å². The van der Waals surface area contributed by atoms with Crippen LogP contribution in [-0.2, 0) is 15.6 Å². The molecule has 0 unspecified atom stereocenters. The van der Waals surface area contributed by atoms with E-state index in [0.717, 1.165) is 0 Å². The molecule has 1 heterocycles. The SMILES string of the molecule is C=C(CN1CCS(=O)CC1)C(=O)O. The first-order valence-corrected chi connectivity index (χ1v) is 5.57. The third-order valence-electron chi connectivity index (χ3n) is 1.99. The maximum atomic E-state index is 11.0. The molecule has 1 N–H and O–H groups in total. The van der Waals surface area contributed by atoms with Crippen molar-refractivity contribution in [3.05, 3.63) is 12.2 Å². The summed E-state index contributed by atoms with van der Waals surface area (Å²) in [7, 11) is -0.705. The fraction of sp³-hybridized carbons (Fsp3) is 0.625. The summed E-state index contributed by atoms with van der Waals surface area (Å²) in [6.07, 6.45) is 0. The zero-order valence-corrected chi connectivity index (χ0v) is 8.18. The summed E-state index contributed by atoms with van der Waals surface area (Å²) in [5.41, 5.74) is 0.202. The molecule has 1 fully saturated rings. The summed E-state index contributed by atoms with van der Waals surface area (Å²) in [6.45, 7) is 5.25. The van der Waals surface area contributed by atoms with Crippen LogP contribution in [0, 0.1) is 0 Å². The molecule has 0 aromatic rings. The number of rotatable bonds is 3. The first-order valence-electron chi connectivity index (χ1n) is 4.08. The van der Waals surface area contributed by atoms with Crippen molar-refractivity contribution in [3.8, 4) is 0 Å². The molecule has 0 saturated carbocycles. The van der Waals surface area contributed by atoms with Crippen molar-refractivity contribution >= 4 is 16.8 Å². The number of carboxylic acid groups (broad SMARTS) is 1. The number of hydrogen-bond donors (Lipinski definition) is 1. The lowest BCUT2D eigenvalue weighted by atomic mass is 10.3. The molecule has 0 amide bonds. The smallest absolute Gasteiger partial charge is 0.332 e. The predicted molar refractivity (Wildman–Crippen MR) is 51.1 cm³/mol. The van der Waals surface area contributed by atoms with Crippen LogP contribution < -0.4 is 0 Å². The second kappa shape index (κ2) is 4.53. The fourth-order valence-corrected chi connectivity index (χ4v) is 2.30. The van der Waals surface area contributed by atoms with E-state index in [1.807, 2.05) is 4.90 Å². The summed E-state index contributed by atoms with van der Waals surface area (Å²) in [5, 5.41) is 8.58. The number of nitrogens with zero attached hydrogens (tertiary/aromatic N) is 1. The van der Waals surface area contributed by atoms with Gasteiger partial charge in [0.2, 0.25) is 0 Å². The van der Waals surface area contributed by atoms with Crippen LogP contribution in [0.2, 0.25) is 0 Å². The Balaban J connectivity index is 2.34. The van der Waals surface area contributed by atoms with E-state index in [0.29, 0.717) is 31.1 Å². The van der Waals surface area contributed by atoms with Gasteiger partial charge in [-0.25, -0.2) is 4.79 Å². The van der Waals surface area contributed by atoms with Crippen molar-refractivity contribution in [3.63, 3.8) is 0 Å². The average molecular weight is 203 g/mol. The van der Waals surface area contributed by atoms with Crippen molar-refractivity contribution in [1.29, 1.82) is 0 Å². The molecule has 0 aromatic heterocycles. The highest BCUT2D eigenvalue weighted by Crippen LogP contribution is 2.03. The molecule has 1 aliphatic rings. The lowest BCUT2D eigenvalue weighted by Crippen LogP contribution is -2.39. The molecule has 1 rings (SSSR count). The highest BCUT2D eigenvalue weighted by Gasteiger charge is 2.17. The van der Waals surface area contributed by atoms with Gasteiger partial charge < -0.3 is 5.11 Å². The lowest BCUT2D eigenvalue weighted by Gasteiger charge is -2.25. The Kier molecular flexibility index (Phi) is 3.62. The van der Waals surface area contributed by atoms with E-state index >= 15 is 0 Å². The van der Waals surface area contributed by atoms with Crippen LogP contribution in [0.25, 0.3) is 0 Å². The third kappa shape index (κ3) is 3.28. The van der Waals surface area contributed by atoms with Crippen molar-refractivity contribution < 1.29 is 14.1 Å². The van der Waals surface area contributed by atoms with Gasteiger partial charge in [0.25, 0.3) is 0 Å². The Morgan fingerprint density at radius 3 is 2.46 bits per heavy atom. The number of aliphatic carboxylic acids is 1. The van der Waals surface area contributed by atoms with Gasteiger partial charge in [0.1, 0.15) is 0 Å². The molecule has 0 aliphatic carbocycles. The molecule has 13 heavy (non-hydrogen) atoms. The van der Waals surface area contributed by atoms with Gasteiger partial charge in [-0.2, -0.15) is 0 Å². The molecule has 4 nitrogen and oxygen atoms in total. The van der Waals surface area contributed by atoms with Crippen LogP contribution >= 0.6 is 0 Å². The molecule has 0 atom stereocenters. The van der Waals surface area contributed by atoms with Crippen LogP contribution in [-0.4, -0.2) is 51.3 Å². The van der Waals surface area contributed by atoms with Gasteiger partial charge in [-0.3, -0.25) is 9.11 Å². The topological polar surface area (TPSA) is 57.6 Å². The Morgan fingerprint density at radius 2 is 2.00 bits per heavy atom. The van der Waals surface area contributed by atoms with Crippen LogP contribution in [0.4, 0.5) is 0 Å². The first-order chi connectivity index (χ1) is 6.09. The lowest BCUT2D eigenvalue weighted by molar-refractivity contribution is -0.132. The van der Waals surface area contributed by atoms with Crippen molar-refractivity contribution in [2.75, 3.05) is 31.1 Å². The summed E-state index contributed by atoms with van der Waals surface area (Å²) in [4.78, 5) is 12.4. The van der Waals surface area contributed by atoms with Gasteiger partial charge in [0.15, 0.2) is 0 Å². The third-order valence-corrected chi connectivity index (χ3v) is 3.26. The average Bonchev–Trinajstić information content (AvgIpc) is 2.08. The van der Waals surface area contributed by atoms with Gasteiger partial charge in [-0.15, -0.1) is 0 Å². The largest absolute Gasteiger partial charge is 0.478 e. The molecule has 0 aromatic carbocycles. The van der Waals surface area contributed by atoms with E-state index in [2.05, 4.69) is 6.58 Å². The zero-order chi connectivity index (χ0) is 9.84. The van der Waals surface area contributed by atoms with Crippen molar-refractivity contribution in [2.24, 2.45) is 0 Å². The van der Waals surface area contributed by atoms with Crippen LogP contribution in [0.3, 0.4) is 0 Å². The minimum absolute atomic E-state index is 0.202. The van der Waals surface area contributed by atoms with E-state index in [1.54, 1.807) is 0 Å². The molecule has 74 valence electrons. The molecule has 1 aliphatic heterocycles. The molecular weight excluding hydrogens is 190 g/mol. The monoisotopic (exact) mass is 203 g/mol. The van der Waals surface area contributed by atoms with Crippen LogP contribution in [0.15, 0.2) is 12.2 Å². The molecule has 0 radical (unpaired) electrons. The number of hydrogen-bond acceptors (Lipinski definition) is 3. The van der Waals surface area contributed by atoms with Gasteiger partial charge in [0, 0.05) is 47.5 Å². The molecule has 0 spiro atoms. The Morgan fingerprint density at radius 1 is 1.46 bits per heavy atom. The van der Waals surface area contributed by atoms with E-state index in [-0.39, 0.29) is 5.57 Å². The minimum atomic E-state index is -0.952. The van der Waals surface area contributed by atoms with Crippen molar-refractivity contribution in [1.82, 2.24) is 4.90 Å². The first kappa shape index (κ1) is 10.4. The summed E-state index contributed by atoms with van der Waals surface area (Å²) in [6, 6.07) is 0. The fourth-order valence-electron chi connectivity index (χ4n) is 1.17. The van der Waals surface area contributed by atoms with E-state index in [4.69, 9.17) is 5.11 Å². The minimum Gasteiger partial charge on any atom is -0.478 e. The normalized spacial score (nSPS) is 20.0. The zero-order valence-electron chi connectivity index (χ0n) is 7.36. The summed E-state index contributed by atoms with van der Waals surface area (Å²) < 4.78 is 11.0. The standard InChI is InChI=1S/C8H13NO3S/c1-7(8(10)11)6-9-2-4-13(12)5-3-9/h1-6H2,(H,10,11). The Labute approximate surface area is 79.7 Å². The maximum absolute atomic E-state index is 11.0. The Hall–Kier alpha value is -0.680. The molecule has 5 heteroatoms. The van der Waals surface area contributed by atoms with Crippen molar-refractivity contribution in [2.45, 2.75) is 0 Å². The van der Waals surface area contributed by atoms with E-state index in [1.165, 1.54) is 0 Å². The van der Waals surface area contributed by atoms with Gasteiger partial charge in [-0.05, 0) is 0 Å². The van der Waals surface area contributed by atoms with E-state index < -0.39 is 16.8 Å². The summed E-state index contributed by atoms with van der Waals surface area (Å²) >= 11 is 0. The van der Waals surface area contributed by atoms with Crippen LogP contribution in [0.5, 0.6) is 0 Å². The highest BCUT2D eigenvalue weighted by atomic mass is 32.2. The van der Waals surface area contributed by atoms with Crippen LogP contribution in [0.1, 0.15) is 0 Å². The second-order valence-electron chi connectivity index (χ2n) is 3.03. The Bertz CT molecular complexity index is 242. The number of carboxylic acids is 1. The molecule has 0 bridgehead atoms. The van der Waals surface area contributed by atoms with Gasteiger partial charge in [0.05, 0.1) is 0 Å². The van der Waals surface area contributed by atoms with E-state index in [9.17, 15) is 9.00 Å². The highest BCUT2D eigenvalue weighted by molar-refractivity contribution is 7.85. The molecular formula is C8H13NO3S. The quantitative estimate of drug-likeness (QED) is 0.639. The van der Waals surface area contributed by atoms with Gasteiger partial charge >= 0.3 is 5.97 Å². The second-order valence-corrected chi connectivity index (χ2v) is 4.73. The summed E-state index contributed by atoms with van der Waals surface area (Å²) in [5.74, 6) is 0.339.